The second-order valence-electron chi connectivity index (χ2n) is 6.95. The van der Waals surface area contributed by atoms with E-state index in [1.807, 2.05) is 44.3 Å². The number of pyridine rings is 1. The number of imidazole rings is 1. The minimum Gasteiger partial charge on any atom is -0.378 e. The van der Waals surface area contributed by atoms with Gasteiger partial charge in [-0.1, -0.05) is 6.07 Å². The summed E-state index contributed by atoms with van der Waals surface area (Å²) in [4.78, 5) is 28.3. The first kappa shape index (κ1) is 19.1. The number of fused-ring (bicyclic) bond motifs is 1. The molecule has 9 nitrogen and oxygen atoms in total. The first-order valence-electron chi connectivity index (χ1n) is 9.76. The highest BCUT2D eigenvalue weighted by Gasteiger charge is 2.16. The number of nitrogens with zero attached hydrogens (tertiary/aromatic N) is 5. The molecule has 1 fully saturated rings. The van der Waals surface area contributed by atoms with Crippen molar-refractivity contribution in [2.75, 3.05) is 49.6 Å². The van der Waals surface area contributed by atoms with E-state index in [9.17, 15) is 4.79 Å². The Morgan fingerprint density at radius 1 is 1.14 bits per heavy atom. The molecule has 9 heteroatoms. The van der Waals surface area contributed by atoms with E-state index in [-0.39, 0.29) is 5.91 Å². The van der Waals surface area contributed by atoms with Crippen LogP contribution in [0.2, 0.25) is 0 Å². The Bertz CT molecular complexity index is 1010. The van der Waals surface area contributed by atoms with Gasteiger partial charge in [0.25, 0.3) is 5.91 Å². The maximum absolute atomic E-state index is 12.6. The average molecular weight is 395 g/mol. The molecule has 0 bridgehead atoms. The van der Waals surface area contributed by atoms with E-state index in [1.165, 1.54) is 0 Å². The molecule has 0 aromatic carbocycles. The van der Waals surface area contributed by atoms with Crippen LogP contribution in [0.25, 0.3) is 5.65 Å². The van der Waals surface area contributed by atoms with Gasteiger partial charge in [-0.2, -0.15) is 4.98 Å². The first-order chi connectivity index (χ1) is 14.1. The fourth-order valence-electron chi connectivity index (χ4n) is 3.41. The molecule has 4 heterocycles. The Kier molecular flexibility index (Phi) is 5.57. The Morgan fingerprint density at radius 2 is 1.97 bits per heavy atom. The predicted octanol–water partition coefficient (Wildman–Crippen LogP) is 1.42. The van der Waals surface area contributed by atoms with Gasteiger partial charge >= 0.3 is 0 Å². The lowest BCUT2D eigenvalue weighted by molar-refractivity contribution is 0.0948. The van der Waals surface area contributed by atoms with Gasteiger partial charge in [-0.15, -0.1) is 0 Å². The van der Waals surface area contributed by atoms with Gasteiger partial charge in [0.15, 0.2) is 0 Å². The number of ether oxygens (including phenoxy) is 1. The number of carbonyl (C=O) groups is 1. The van der Waals surface area contributed by atoms with Crippen molar-refractivity contribution < 1.29 is 9.53 Å². The van der Waals surface area contributed by atoms with E-state index in [4.69, 9.17) is 4.74 Å². The molecule has 2 N–H and O–H groups in total. The molecule has 1 amide bonds. The second kappa shape index (κ2) is 8.44. The Labute approximate surface area is 169 Å². The van der Waals surface area contributed by atoms with Crippen molar-refractivity contribution in [2.24, 2.45) is 0 Å². The van der Waals surface area contributed by atoms with Crippen LogP contribution in [0.4, 0.5) is 11.8 Å². The third-order valence-electron chi connectivity index (χ3n) is 4.79. The van der Waals surface area contributed by atoms with E-state index < -0.39 is 0 Å². The number of nitrogens with one attached hydrogen (secondary N) is 2. The van der Waals surface area contributed by atoms with Crippen molar-refractivity contribution in [1.82, 2.24) is 24.7 Å². The monoisotopic (exact) mass is 395 g/mol. The fourth-order valence-corrected chi connectivity index (χ4v) is 3.41. The lowest BCUT2D eigenvalue weighted by Crippen LogP contribution is -2.37. The van der Waals surface area contributed by atoms with Crippen molar-refractivity contribution in [3.8, 4) is 0 Å². The summed E-state index contributed by atoms with van der Waals surface area (Å²) in [6, 6.07) is 7.65. The van der Waals surface area contributed by atoms with E-state index in [1.54, 1.807) is 4.40 Å². The molecule has 0 radical (unpaired) electrons. The summed E-state index contributed by atoms with van der Waals surface area (Å²) in [5.74, 6) is 1.31. The van der Waals surface area contributed by atoms with Crippen molar-refractivity contribution in [1.29, 1.82) is 0 Å². The quantitative estimate of drug-likeness (QED) is 0.609. The molecule has 1 aliphatic rings. The summed E-state index contributed by atoms with van der Waals surface area (Å²) in [6.07, 6.45) is 1.84. The zero-order valence-corrected chi connectivity index (χ0v) is 16.7. The van der Waals surface area contributed by atoms with Crippen LogP contribution in [0.3, 0.4) is 0 Å². The van der Waals surface area contributed by atoms with Crippen molar-refractivity contribution in [3.05, 3.63) is 47.5 Å². The molecule has 0 spiro atoms. The smallest absolute Gasteiger partial charge is 0.270 e. The molecule has 4 rings (SSSR count). The molecule has 3 aromatic rings. The highest BCUT2D eigenvalue weighted by atomic mass is 16.5. The third kappa shape index (κ3) is 4.29. The van der Waals surface area contributed by atoms with Gasteiger partial charge in [-0.05, 0) is 26.0 Å². The number of carbonyl (C=O) groups excluding carboxylic acids is 1. The SMILES string of the molecule is Cc1cc(N2CCOCC2)nc(NCCNC(=O)c2c(C)nc3ccccn23)n1. The summed E-state index contributed by atoms with van der Waals surface area (Å²) in [6.45, 7) is 7.83. The summed E-state index contributed by atoms with van der Waals surface area (Å²) < 4.78 is 7.20. The van der Waals surface area contributed by atoms with E-state index >= 15 is 0 Å². The van der Waals surface area contributed by atoms with Crippen molar-refractivity contribution in [3.63, 3.8) is 0 Å². The molecular formula is C20H25N7O2. The summed E-state index contributed by atoms with van der Waals surface area (Å²) in [5, 5.41) is 6.14. The van der Waals surface area contributed by atoms with Crippen LogP contribution < -0.4 is 15.5 Å². The Balaban J connectivity index is 1.35. The van der Waals surface area contributed by atoms with Crippen LogP contribution in [0.15, 0.2) is 30.5 Å². The number of hydrogen-bond acceptors (Lipinski definition) is 7. The number of amides is 1. The number of morpholine rings is 1. The highest BCUT2D eigenvalue weighted by molar-refractivity contribution is 5.94. The fraction of sp³-hybridized carbons (Fsp3) is 0.400. The highest BCUT2D eigenvalue weighted by Crippen LogP contribution is 2.16. The van der Waals surface area contributed by atoms with Crippen molar-refractivity contribution in [2.45, 2.75) is 13.8 Å². The van der Waals surface area contributed by atoms with Gasteiger partial charge in [-0.3, -0.25) is 9.20 Å². The molecule has 0 saturated carbocycles. The van der Waals surface area contributed by atoms with Gasteiger partial charge in [0.1, 0.15) is 17.2 Å². The first-order valence-corrected chi connectivity index (χ1v) is 9.76. The van der Waals surface area contributed by atoms with Crippen LogP contribution in [0, 0.1) is 13.8 Å². The molecule has 1 saturated heterocycles. The molecular weight excluding hydrogens is 370 g/mol. The lowest BCUT2D eigenvalue weighted by Gasteiger charge is -2.28. The minimum atomic E-state index is -0.151. The van der Waals surface area contributed by atoms with Gasteiger partial charge in [0.2, 0.25) is 5.95 Å². The van der Waals surface area contributed by atoms with Crippen LogP contribution in [0.1, 0.15) is 21.9 Å². The van der Waals surface area contributed by atoms with Gasteiger partial charge in [-0.25, -0.2) is 9.97 Å². The van der Waals surface area contributed by atoms with Crippen LogP contribution >= 0.6 is 0 Å². The van der Waals surface area contributed by atoms with Gasteiger partial charge in [0, 0.05) is 44.1 Å². The molecule has 3 aromatic heterocycles. The predicted molar refractivity (Wildman–Crippen MR) is 111 cm³/mol. The molecule has 29 heavy (non-hydrogen) atoms. The maximum atomic E-state index is 12.6. The molecule has 0 atom stereocenters. The summed E-state index contributed by atoms with van der Waals surface area (Å²) in [7, 11) is 0. The van der Waals surface area contributed by atoms with E-state index in [0.29, 0.717) is 43.6 Å². The normalized spacial score (nSPS) is 14.2. The van der Waals surface area contributed by atoms with Crippen LogP contribution in [-0.2, 0) is 4.74 Å². The maximum Gasteiger partial charge on any atom is 0.270 e. The number of anilines is 2. The summed E-state index contributed by atoms with van der Waals surface area (Å²) in [5.41, 5.74) is 2.92. The van der Waals surface area contributed by atoms with E-state index in [2.05, 4.69) is 30.5 Å². The van der Waals surface area contributed by atoms with Gasteiger partial charge in [0.05, 0.1) is 18.9 Å². The van der Waals surface area contributed by atoms with E-state index in [0.717, 1.165) is 30.2 Å². The van der Waals surface area contributed by atoms with Gasteiger partial charge < -0.3 is 20.3 Å². The van der Waals surface area contributed by atoms with Crippen LogP contribution in [-0.4, -0.2) is 64.7 Å². The number of aryl methyl sites for hydroxylation is 2. The zero-order chi connectivity index (χ0) is 20.2. The topological polar surface area (TPSA) is 96.7 Å². The zero-order valence-electron chi connectivity index (χ0n) is 16.7. The molecule has 1 aliphatic heterocycles. The minimum absolute atomic E-state index is 0.151. The Morgan fingerprint density at radius 3 is 2.79 bits per heavy atom. The third-order valence-corrected chi connectivity index (χ3v) is 4.79. The largest absolute Gasteiger partial charge is 0.378 e. The average Bonchev–Trinajstić information content (AvgIpc) is 3.07. The summed E-state index contributed by atoms with van der Waals surface area (Å²) >= 11 is 0. The molecule has 0 aliphatic carbocycles. The molecule has 0 unspecified atom stereocenters. The molecule has 152 valence electrons. The lowest BCUT2D eigenvalue weighted by atomic mass is 10.3. The van der Waals surface area contributed by atoms with Crippen molar-refractivity contribution >= 4 is 23.3 Å². The number of aromatic nitrogens is 4. The standard InChI is InChI=1S/C20H25N7O2/c1-14-13-17(26-9-11-29-12-10-26)25-20(23-14)22-7-6-21-19(28)18-15(2)24-16-5-3-4-8-27(16)18/h3-5,8,13H,6-7,9-12H2,1-2H3,(H,21,28)(H,22,23,25). The second-order valence-corrected chi connectivity index (χ2v) is 6.95. The van der Waals surface area contributed by atoms with Crippen LogP contribution in [0.5, 0.6) is 0 Å². The Hall–Kier alpha value is -3.20. The number of hydrogen-bond donors (Lipinski definition) is 2. The number of rotatable bonds is 6.